The molecule has 0 bridgehead atoms. The van der Waals surface area contributed by atoms with Gasteiger partial charge in [-0.2, -0.15) is 0 Å². The molecule has 0 aliphatic carbocycles. The summed E-state index contributed by atoms with van der Waals surface area (Å²) in [6, 6.07) is 3.75. The highest BCUT2D eigenvalue weighted by Crippen LogP contribution is 2.31. The van der Waals surface area contributed by atoms with Gasteiger partial charge in [0.2, 0.25) is 5.89 Å². The lowest BCUT2D eigenvalue weighted by Gasteiger charge is -2.18. The number of hydrogen-bond acceptors (Lipinski definition) is 4. The maximum atomic E-state index is 5.90. The minimum absolute atomic E-state index is 0.259. The van der Waals surface area contributed by atoms with Crippen LogP contribution in [0.4, 0.5) is 5.69 Å². The van der Waals surface area contributed by atoms with E-state index in [0.717, 1.165) is 35.3 Å². The second-order valence-corrected chi connectivity index (χ2v) is 5.23. The Hall–Kier alpha value is -1.07. The van der Waals surface area contributed by atoms with Crippen LogP contribution in [-0.2, 0) is 4.74 Å². The highest BCUT2D eigenvalue weighted by atomic mass is 79.9. The van der Waals surface area contributed by atoms with Gasteiger partial charge in [-0.3, -0.25) is 0 Å². The van der Waals surface area contributed by atoms with Gasteiger partial charge in [-0.05, 0) is 25.0 Å². The normalized spacial score (nSPS) is 20.9. The average Bonchev–Trinajstić information content (AvgIpc) is 2.74. The maximum Gasteiger partial charge on any atom is 0.201 e. The van der Waals surface area contributed by atoms with Gasteiger partial charge in [-0.25, -0.2) is 4.98 Å². The molecule has 1 aliphatic heterocycles. The lowest BCUT2D eigenvalue weighted by atomic mass is 10.0. The number of nitrogens with two attached hydrogens (primary N) is 1. The molecule has 17 heavy (non-hydrogen) atoms. The number of halogens is 1. The summed E-state index contributed by atoms with van der Waals surface area (Å²) in [5.41, 5.74) is 8.00. The Kier molecular flexibility index (Phi) is 2.80. The van der Waals surface area contributed by atoms with Crippen LogP contribution in [0.1, 0.15) is 24.7 Å². The van der Waals surface area contributed by atoms with Crippen LogP contribution in [0.15, 0.2) is 21.0 Å². The molecule has 5 heteroatoms. The van der Waals surface area contributed by atoms with Crippen LogP contribution in [0, 0.1) is 0 Å². The van der Waals surface area contributed by atoms with Gasteiger partial charge in [0.15, 0.2) is 5.58 Å². The van der Waals surface area contributed by atoms with Crippen LogP contribution in [0.2, 0.25) is 0 Å². The van der Waals surface area contributed by atoms with Crippen molar-refractivity contribution in [2.24, 2.45) is 0 Å². The molecule has 0 spiro atoms. The Balaban J connectivity index is 2.03. The molecule has 3 rings (SSSR count). The second-order valence-electron chi connectivity index (χ2n) is 4.31. The lowest BCUT2D eigenvalue weighted by molar-refractivity contribution is 0.0731. The summed E-state index contributed by atoms with van der Waals surface area (Å²) in [5.74, 6) is 0.999. The van der Waals surface area contributed by atoms with Crippen LogP contribution in [0.3, 0.4) is 0 Å². The highest BCUT2D eigenvalue weighted by Gasteiger charge is 2.22. The van der Waals surface area contributed by atoms with Crippen LogP contribution in [0.25, 0.3) is 11.1 Å². The summed E-state index contributed by atoms with van der Waals surface area (Å²) in [6.45, 7) is 1.53. The SMILES string of the molecule is Nc1cc(Br)cc2nc(C3CCCOC3)oc12. The fourth-order valence-corrected chi connectivity index (χ4v) is 2.61. The minimum Gasteiger partial charge on any atom is -0.438 e. The summed E-state index contributed by atoms with van der Waals surface area (Å²) in [6.07, 6.45) is 2.12. The zero-order valence-electron chi connectivity index (χ0n) is 9.28. The number of oxazole rings is 1. The first kappa shape index (κ1) is 11.0. The third-order valence-corrected chi connectivity index (χ3v) is 3.47. The second kappa shape index (κ2) is 4.31. The number of aromatic nitrogens is 1. The molecule has 1 unspecified atom stereocenters. The van der Waals surface area contributed by atoms with Crippen molar-refractivity contribution in [3.63, 3.8) is 0 Å². The number of rotatable bonds is 1. The molecule has 4 nitrogen and oxygen atoms in total. The molecule has 1 aliphatic rings. The Bertz CT molecular complexity index is 547. The van der Waals surface area contributed by atoms with E-state index in [4.69, 9.17) is 14.9 Å². The molecule has 1 aromatic heterocycles. The first-order valence-electron chi connectivity index (χ1n) is 5.67. The van der Waals surface area contributed by atoms with E-state index in [9.17, 15) is 0 Å². The molecule has 2 N–H and O–H groups in total. The summed E-state index contributed by atoms with van der Waals surface area (Å²) in [4.78, 5) is 4.50. The van der Waals surface area contributed by atoms with Crippen molar-refractivity contribution in [2.75, 3.05) is 18.9 Å². The van der Waals surface area contributed by atoms with Gasteiger partial charge in [-0.15, -0.1) is 0 Å². The average molecular weight is 297 g/mol. The zero-order chi connectivity index (χ0) is 11.8. The van der Waals surface area contributed by atoms with Crippen LogP contribution in [0.5, 0.6) is 0 Å². The number of nitrogens with zero attached hydrogens (tertiary/aromatic N) is 1. The van der Waals surface area contributed by atoms with E-state index in [0.29, 0.717) is 17.9 Å². The Morgan fingerprint density at radius 2 is 2.29 bits per heavy atom. The molecule has 2 aromatic rings. The van der Waals surface area contributed by atoms with Crippen molar-refractivity contribution in [2.45, 2.75) is 18.8 Å². The molecule has 1 fully saturated rings. The molecule has 2 heterocycles. The van der Waals surface area contributed by atoms with E-state index < -0.39 is 0 Å². The predicted octanol–water partition coefficient (Wildman–Crippen LogP) is 3.07. The maximum absolute atomic E-state index is 5.90. The van der Waals surface area contributed by atoms with Crippen molar-refractivity contribution in [3.05, 3.63) is 22.5 Å². The van der Waals surface area contributed by atoms with E-state index >= 15 is 0 Å². The van der Waals surface area contributed by atoms with E-state index in [1.165, 1.54) is 0 Å². The molecule has 0 saturated carbocycles. The van der Waals surface area contributed by atoms with E-state index in [2.05, 4.69) is 20.9 Å². The van der Waals surface area contributed by atoms with E-state index in [1.54, 1.807) is 0 Å². The van der Waals surface area contributed by atoms with Gasteiger partial charge in [0.1, 0.15) is 5.52 Å². The summed E-state index contributed by atoms with van der Waals surface area (Å²) < 4.78 is 12.1. The largest absolute Gasteiger partial charge is 0.438 e. The molecule has 0 amide bonds. The Labute approximate surface area is 107 Å². The third kappa shape index (κ3) is 2.05. The zero-order valence-corrected chi connectivity index (χ0v) is 10.9. The van der Waals surface area contributed by atoms with Gasteiger partial charge in [0.05, 0.1) is 18.2 Å². The number of ether oxygens (including phenoxy) is 1. The van der Waals surface area contributed by atoms with Crippen molar-refractivity contribution < 1.29 is 9.15 Å². The summed E-state index contributed by atoms with van der Waals surface area (Å²) in [5, 5.41) is 0. The Morgan fingerprint density at radius 3 is 3.06 bits per heavy atom. The fraction of sp³-hybridized carbons (Fsp3) is 0.417. The summed E-state index contributed by atoms with van der Waals surface area (Å²) >= 11 is 3.40. The van der Waals surface area contributed by atoms with Gasteiger partial charge in [0.25, 0.3) is 0 Å². The van der Waals surface area contributed by atoms with Crippen LogP contribution >= 0.6 is 15.9 Å². The first-order valence-corrected chi connectivity index (χ1v) is 6.46. The smallest absolute Gasteiger partial charge is 0.201 e. The van der Waals surface area contributed by atoms with Crippen molar-refractivity contribution in [1.29, 1.82) is 0 Å². The summed E-state index contributed by atoms with van der Waals surface area (Å²) in [7, 11) is 0. The number of hydrogen-bond donors (Lipinski definition) is 1. The first-order chi connectivity index (χ1) is 8.24. The van der Waals surface area contributed by atoms with Gasteiger partial charge in [0, 0.05) is 11.1 Å². The number of benzene rings is 1. The Morgan fingerprint density at radius 1 is 1.41 bits per heavy atom. The van der Waals surface area contributed by atoms with E-state index in [-0.39, 0.29) is 5.92 Å². The lowest BCUT2D eigenvalue weighted by Crippen LogP contribution is -2.15. The molecule has 0 radical (unpaired) electrons. The van der Waals surface area contributed by atoms with Crippen molar-refractivity contribution in [1.82, 2.24) is 4.98 Å². The molecule has 1 aromatic carbocycles. The molecular weight excluding hydrogens is 284 g/mol. The van der Waals surface area contributed by atoms with Crippen LogP contribution < -0.4 is 5.73 Å². The number of nitrogen functional groups attached to an aromatic ring is 1. The standard InChI is InChI=1S/C12H13BrN2O2/c13-8-4-9(14)11-10(5-8)15-12(17-11)7-2-1-3-16-6-7/h4-5,7H,1-3,6,14H2. The number of anilines is 1. The minimum atomic E-state index is 0.259. The van der Waals surface area contributed by atoms with Gasteiger partial charge in [-0.1, -0.05) is 15.9 Å². The quantitative estimate of drug-likeness (QED) is 0.822. The van der Waals surface area contributed by atoms with Gasteiger partial charge >= 0.3 is 0 Å². The molecule has 90 valence electrons. The topological polar surface area (TPSA) is 61.3 Å². The van der Waals surface area contributed by atoms with Crippen molar-refractivity contribution >= 4 is 32.7 Å². The highest BCUT2D eigenvalue weighted by molar-refractivity contribution is 9.10. The third-order valence-electron chi connectivity index (χ3n) is 3.01. The molecule has 1 saturated heterocycles. The molecular formula is C12H13BrN2O2. The van der Waals surface area contributed by atoms with Gasteiger partial charge < -0.3 is 14.9 Å². The monoisotopic (exact) mass is 296 g/mol. The fourth-order valence-electron chi connectivity index (χ4n) is 2.15. The van der Waals surface area contributed by atoms with E-state index in [1.807, 2.05) is 12.1 Å². The predicted molar refractivity (Wildman–Crippen MR) is 68.9 cm³/mol. The molecule has 1 atom stereocenters. The van der Waals surface area contributed by atoms with Crippen LogP contribution in [-0.4, -0.2) is 18.2 Å². The number of fused-ring (bicyclic) bond motifs is 1. The van der Waals surface area contributed by atoms with Crippen molar-refractivity contribution in [3.8, 4) is 0 Å².